The fraction of sp³-hybridized carbons (Fsp3) is 0.111. The molecule has 1 N–H and O–H groups in total. The van der Waals surface area contributed by atoms with E-state index in [0.717, 1.165) is 5.82 Å². The summed E-state index contributed by atoms with van der Waals surface area (Å²) in [4.78, 5) is 15.2. The number of nitrogens with one attached hydrogen (secondary N) is 1. The van der Waals surface area contributed by atoms with E-state index in [1.807, 2.05) is 7.05 Å². The molecule has 0 amide bonds. The molecule has 14 heavy (non-hydrogen) atoms. The van der Waals surface area contributed by atoms with Crippen LogP contribution in [0.4, 0.5) is 5.82 Å². The molecule has 2 rings (SSSR count). The van der Waals surface area contributed by atoms with E-state index < -0.39 is 0 Å². The minimum absolute atomic E-state index is 0.799. The SMILES string of the molecule is CNc1cnccn1.c1cnccn1. The third kappa shape index (κ3) is 4.10. The maximum atomic E-state index is 3.92. The second-order valence-electron chi connectivity index (χ2n) is 2.24. The third-order valence-corrected chi connectivity index (χ3v) is 1.30. The molecule has 2 heterocycles. The van der Waals surface area contributed by atoms with Crippen molar-refractivity contribution in [3.63, 3.8) is 0 Å². The smallest absolute Gasteiger partial charge is 0.144 e. The van der Waals surface area contributed by atoms with Crippen LogP contribution >= 0.6 is 0 Å². The first kappa shape index (κ1) is 10.0. The van der Waals surface area contributed by atoms with Gasteiger partial charge in [-0.25, -0.2) is 4.98 Å². The zero-order valence-corrected chi connectivity index (χ0v) is 7.83. The average Bonchev–Trinajstić information content (AvgIpc) is 2.33. The van der Waals surface area contributed by atoms with E-state index in [4.69, 9.17) is 0 Å². The molecule has 0 bridgehead atoms. The van der Waals surface area contributed by atoms with Crippen molar-refractivity contribution in [1.29, 1.82) is 0 Å². The highest BCUT2D eigenvalue weighted by molar-refractivity contribution is 5.27. The Morgan fingerprint density at radius 2 is 1.43 bits per heavy atom. The molecular formula is C9H11N5. The zero-order valence-electron chi connectivity index (χ0n) is 7.83. The molecule has 2 aromatic heterocycles. The van der Waals surface area contributed by atoms with Crippen molar-refractivity contribution in [2.24, 2.45) is 0 Å². The van der Waals surface area contributed by atoms with Gasteiger partial charge in [0.05, 0.1) is 6.20 Å². The molecule has 0 fully saturated rings. The summed E-state index contributed by atoms with van der Waals surface area (Å²) in [5.41, 5.74) is 0. The molecule has 0 saturated carbocycles. The van der Waals surface area contributed by atoms with Crippen molar-refractivity contribution in [3.8, 4) is 0 Å². The standard InChI is InChI=1S/C5H7N3.C4H4N2/c1-6-5-4-7-2-3-8-5;1-2-6-4-3-5-1/h2-4H,1H3,(H,6,8);1-4H. The van der Waals surface area contributed by atoms with Crippen LogP contribution in [0.1, 0.15) is 0 Å². The first-order chi connectivity index (χ1) is 6.93. The van der Waals surface area contributed by atoms with Gasteiger partial charge in [0.1, 0.15) is 5.82 Å². The maximum absolute atomic E-state index is 3.92. The van der Waals surface area contributed by atoms with Crippen LogP contribution in [0.15, 0.2) is 43.4 Å². The van der Waals surface area contributed by atoms with Gasteiger partial charge in [-0.15, -0.1) is 0 Å². The first-order valence-electron chi connectivity index (χ1n) is 4.07. The van der Waals surface area contributed by atoms with Gasteiger partial charge >= 0.3 is 0 Å². The van der Waals surface area contributed by atoms with E-state index in [1.54, 1.807) is 43.4 Å². The summed E-state index contributed by atoms with van der Waals surface area (Å²) >= 11 is 0. The van der Waals surface area contributed by atoms with Gasteiger partial charge in [-0.1, -0.05) is 0 Å². The molecule has 0 aliphatic carbocycles. The molecule has 2 aromatic rings. The predicted octanol–water partition coefficient (Wildman–Crippen LogP) is 0.995. The molecule has 0 unspecified atom stereocenters. The van der Waals surface area contributed by atoms with Gasteiger partial charge in [0.15, 0.2) is 0 Å². The summed E-state index contributed by atoms with van der Waals surface area (Å²) in [6.07, 6.45) is 11.5. The van der Waals surface area contributed by atoms with Gasteiger partial charge in [0.25, 0.3) is 0 Å². The Labute approximate surface area is 82.3 Å². The first-order valence-corrected chi connectivity index (χ1v) is 4.07. The predicted molar refractivity (Wildman–Crippen MR) is 53.6 cm³/mol. The van der Waals surface area contributed by atoms with Crippen LogP contribution in [0.3, 0.4) is 0 Å². The monoisotopic (exact) mass is 189 g/mol. The molecule has 0 aliphatic rings. The van der Waals surface area contributed by atoms with E-state index in [0.29, 0.717) is 0 Å². The highest BCUT2D eigenvalue weighted by atomic mass is 15.0. The normalized spacial score (nSPS) is 8.36. The summed E-state index contributed by atoms with van der Waals surface area (Å²) < 4.78 is 0. The summed E-state index contributed by atoms with van der Waals surface area (Å²) in [5, 5.41) is 2.85. The highest BCUT2D eigenvalue weighted by Gasteiger charge is 1.80. The fourth-order valence-electron chi connectivity index (χ4n) is 0.682. The van der Waals surface area contributed by atoms with E-state index in [2.05, 4.69) is 25.3 Å². The van der Waals surface area contributed by atoms with Crippen LogP contribution in [-0.4, -0.2) is 27.0 Å². The lowest BCUT2D eigenvalue weighted by Crippen LogP contribution is -1.90. The number of aromatic nitrogens is 4. The topological polar surface area (TPSA) is 63.6 Å². The average molecular weight is 189 g/mol. The highest BCUT2D eigenvalue weighted by Crippen LogP contribution is 1.91. The van der Waals surface area contributed by atoms with Crippen molar-refractivity contribution >= 4 is 5.82 Å². The molecule has 0 atom stereocenters. The van der Waals surface area contributed by atoms with Gasteiger partial charge in [-0.05, 0) is 0 Å². The largest absolute Gasteiger partial charge is 0.372 e. The summed E-state index contributed by atoms with van der Waals surface area (Å²) in [7, 11) is 1.81. The molecule has 0 aromatic carbocycles. The van der Waals surface area contributed by atoms with Crippen LogP contribution in [0, 0.1) is 0 Å². The van der Waals surface area contributed by atoms with Crippen LogP contribution in [0.25, 0.3) is 0 Å². The van der Waals surface area contributed by atoms with E-state index in [1.165, 1.54) is 0 Å². The van der Waals surface area contributed by atoms with Gasteiger partial charge in [0, 0.05) is 44.2 Å². The van der Waals surface area contributed by atoms with Crippen molar-refractivity contribution in [1.82, 2.24) is 19.9 Å². The van der Waals surface area contributed by atoms with Crippen LogP contribution in [0.2, 0.25) is 0 Å². The minimum atomic E-state index is 0.799. The van der Waals surface area contributed by atoms with Gasteiger partial charge in [0.2, 0.25) is 0 Å². The van der Waals surface area contributed by atoms with Crippen molar-refractivity contribution in [2.45, 2.75) is 0 Å². The lowest BCUT2D eigenvalue weighted by atomic mass is 10.7. The maximum Gasteiger partial charge on any atom is 0.144 e. The Morgan fingerprint density at radius 1 is 0.857 bits per heavy atom. The van der Waals surface area contributed by atoms with E-state index in [9.17, 15) is 0 Å². The van der Waals surface area contributed by atoms with Gasteiger partial charge in [-0.3, -0.25) is 15.0 Å². The molecule has 0 spiro atoms. The van der Waals surface area contributed by atoms with Crippen molar-refractivity contribution in [2.75, 3.05) is 12.4 Å². The quantitative estimate of drug-likeness (QED) is 0.724. The summed E-state index contributed by atoms with van der Waals surface area (Å²) in [5.74, 6) is 0.799. The van der Waals surface area contributed by atoms with E-state index in [-0.39, 0.29) is 0 Å². The molecule has 0 aliphatic heterocycles. The molecule has 5 heteroatoms. The Morgan fingerprint density at radius 3 is 1.71 bits per heavy atom. The lowest BCUT2D eigenvalue weighted by Gasteiger charge is -1.92. The molecule has 0 radical (unpaired) electrons. The fourth-order valence-corrected chi connectivity index (χ4v) is 0.682. The summed E-state index contributed by atoms with van der Waals surface area (Å²) in [6, 6.07) is 0. The third-order valence-electron chi connectivity index (χ3n) is 1.30. The zero-order chi connectivity index (χ0) is 10.1. The number of hydrogen-bond acceptors (Lipinski definition) is 5. The molecule has 5 nitrogen and oxygen atoms in total. The van der Waals surface area contributed by atoms with Crippen LogP contribution in [-0.2, 0) is 0 Å². The lowest BCUT2D eigenvalue weighted by molar-refractivity contribution is 1.19. The van der Waals surface area contributed by atoms with Crippen molar-refractivity contribution < 1.29 is 0 Å². The molecular weight excluding hydrogens is 178 g/mol. The van der Waals surface area contributed by atoms with Gasteiger partial charge in [-0.2, -0.15) is 0 Å². The minimum Gasteiger partial charge on any atom is -0.372 e. The molecule has 0 saturated heterocycles. The number of hydrogen-bond donors (Lipinski definition) is 1. The van der Waals surface area contributed by atoms with Crippen LogP contribution in [0.5, 0.6) is 0 Å². The van der Waals surface area contributed by atoms with Crippen LogP contribution < -0.4 is 5.32 Å². The second-order valence-corrected chi connectivity index (χ2v) is 2.24. The Hall–Kier alpha value is -2.04. The Kier molecular flexibility index (Phi) is 4.64. The van der Waals surface area contributed by atoms with Crippen molar-refractivity contribution in [3.05, 3.63) is 43.4 Å². The number of nitrogens with zero attached hydrogens (tertiary/aromatic N) is 4. The molecule has 72 valence electrons. The van der Waals surface area contributed by atoms with E-state index >= 15 is 0 Å². The van der Waals surface area contributed by atoms with Gasteiger partial charge < -0.3 is 5.32 Å². The summed E-state index contributed by atoms with van der Waals surface area (Å²) in [6.45, 7) is 0. The number of anilines is 1. The second kappa shape index (κ2) is 6.47. The Bertz CT molecular complexity index is 297. The number of rotatable bonds is 1. The Balaban J connectivity index is 0.000000146.